The molecule has 0 bridgehead atoms. The Labute approximate surface area is 94.5 Å². The SMILES string of the molecule is Cn1cccc1C(=O)N1CC(O)(C2CC2)C1. The van der Waals surface area contributed by atoms with Crippen molar-refractivity contribution in [3.05, 3.63) is 24.0 Å². The zero-order chi connectivity index (χ0) is 11.3. The molecule has 1 amide bonds. The summed E-state index contributed by atoms with van der Waals surface area (Å²) in [5, 5.41) is 10.1. The Morgan fingerprint density at radius 3 is 2.69 bits per heavy atom. The third-order valence-corrected chi connectivity index (χ3v) is 3.72. The van der Waals surface area contributed by atoms with Gasteiger partial charge in [-0.15, -0.1) is 0 Å². The largest absolute Gasteiger partial charge is 0.386 e. The van der Waals surface area contributed by atoms with Gasteiger partial charge in [-0.1, -0.05) is 0 Å². The van der Waals surface area contributed by atoms with Gasteiger partial charge in [-0.3, -0.25) is 4.79 Å². The number of aryl methyl sites for hydroxylation is 1. The third kappa shape index (κ3) is 1.37. The highest BCUT2D eigenvalue weighted by molar-refractivity contribution is 5.93. The first-order valence-electron chi connectivity index (χ1n) is 5.73. The van der Waals surface area contributed by atoms with Crippen LogP contribution < -0.4 is 0 Å². The number of amides is 1. The Morgan fingerprint density at radius 2 is 2.19 bits per heavy atom. The summed E-state index contributed by atoms with van der Waals surface area (Å²) >= 11 is 0. The van der Waals surface area contributed by atoms with Gasteiger partial charge < -0.3 is 14.6 Å². The molecule has 3 rings (SSSR count). The molecular formula is C12H16N2O2. The van der Waals surface area contributed by atoms with Gasteiger partial charge in [0.15, 0.2) is 0 Å². The van der Waals surface area contributed by atoms with Crippen molar-refractivity contribution in [1.29, 1.82) is 0 Å². The number of likely N-dealkylation sites (tertiary alicyclic amines) is 1. The van der Waals surface area contributed by atoms with Crippen LogP contribution in [0.3, 0.4) is 0 Å². The average Bonchev–Trinajstić information content (AvgIpc) is 2.97. The molecule has 86 valence electrons. The van der Waals surface area contributed by atoms with E-state index in [0.717, 1.165) is 12.8 Å². The van der Waals surface area contributed by atoms with Crippen LogP contribution >= 0.6 is 0 Å². The summed E-state index contributed by atoms with van der Waals surface area (Å²) in [4.78, 5) is 13.8. The van der Waals surface area contributed by atoms with Gasteiger partial charge in [0.05, 0.1) is 13.1 Å². The molecule has 16 heavy (non-hydrogen) atoms. The predicted molar refractivity (Wildman–Crippen MR) is 59.0 cm³/mol. The zero-order valence-electron chi connectivity index (χ0n) is 9.39. The molecule has 1 aliphatic carbocycles. The number of rotatable bonds is 2. The molecule has 0 unspecified atom stereocenters. The minimum Gasteiger partial charge on any atom is -0.386 e. The monoisotopic (exact) mass is 220 g/mol. The fraction of sp³-hybridized carbons (Fsp3) is 0.583. The summed E-state index contributed by atoms with van der Waals surface area (Å²) in [7, 11) is 1.86. The summed E-state index contributed by atoms with van der Waals surface area (Å²) in [6, 6.07) is 3.68. The maximum atomic E-state index is 12.0. The Bertz CT molecular complexity index is 428. The Balaban J connectivity index is 1.68. The van der Waals surface area contributed by atoms with E-state index in [1.54, 1.807) is 4.90 Å². The van der Waals surface area contributed by atoms with E-state index in [-0.39, 0.29) is 5.91 Å². The molecule has 0 spiro atoms. The normalized spacial score (nSPS) is 23.0. The number of aliphatic hydroxyl groups is 1. The van der Waals surface area contributed by atoms with E-state index in [9.17, 15) is 9.90 Å². The van der Waals surface area contributed by atoms with Crippen LogP contribution in [0.5, 0.6) is 0 Å². The second-order valence-corrected chi connectivity index (χ2v) is 5.04. The van der Waals surface area contributed by atoms with Crippen LogP contribution in [-0.4, -0.2) is 39.2 Å². The summed E-state index contributed by atoms with van der Waals surface area (Å²) in [6.45, 7) is 1.00. The highest BCUT2D eigenvalue weighted by atomic mass is 16.3. The second kappa shape index (κ2) is 3.10. The minimum atomic E-state index is -0.583. The van der Waals surface area contributed by atoms with Crippen LogP contribution in [-0.2, 0) is 7.05 Å². The zero-order valence-corrected chi connectivity index (χ0v) is 9.39. The van der Waals surface area contributed by atoms with E-state index in [1.807, 2.05) is 29.9 Å². The van der Waals surface area contributed by atoms with Crippen LogP contribution in [0.25, 0.3) is 0 Å². The summed E-state index contributed by atoms with van der Waals surface area (Å²) < 4.78 is 1.82. The van der Waals surface area contributed by atoms with Gasteiger partial charge >= 0.3 is 0 Å². The average molecular weight is 220 g/mol. The molecule has 2 fully saturated rings. The van der Waals surface area contributed by atoms with E-state index >= 15 is 0 Å². The maximum Gasteiger partial charge on any atom is 0.270 e. The molecule has 2 aliphatic rings. The predicted octanol–water partition coefficient (Wildman–Crippen LogP) is 0.622. The van der Waals surface area contributed by atoms with Crippen LogP contribution in [0.15, 0.2) is 18.3 Å². The van der Waals surface area contributed by atoms with Crippen molar-refractivity contribution in [2.45, 2.75) is 18.4 Å². The number of carbonyl (C=O) groups is 1. The quantitative estimate of drug-likeness (QED) is 0.794. The highest BCUT2D eigenvalue weighted by Crippen LogP contribution is 2.44. The molecule has 1 aliphatic heterocycles. The Kier molecular flexibility index (Phi) is 1.92. The van der Waals surface area contributed by atoms with E-state index in [4.69, 9.17) is 0 Å². The van der Waals surface area contributed by atoms with Gasteiger partial charge in [0, 0.05) is 13.2 Å². The number of hydrogen-bond donors (Lipinski definition) is 1. The minimum absolute atomic E-state index is 0.0258. The fourth-order valence-electron chi connectivity index (χ4n) is 2.48. The number of aromatic nitrogens is 1. The molecular weight excluding hydrogens is 204 g/mol. The molecule has 1 aromatic heterocycles. The van der Waals surface area contributed by atoms with Gasteiger partial charge in [0.25, 0.3) is 5.91 Å². The molecule has 0 aromatic carbocycles. The molecule has 1 saturated carbocycles. The van der Waals surface area contributed by atoms with Crippen LogP contribution in [0.4, 0.5) is 0 Å². The molecule has 1 N–H and O–H groups in total. The van der Waals surface area contributed by atoms with Crippen molar-refractivity contribution < 1.29 is 9.90 Å². The van der Waals surface area contributed by atoms with Gasteiger partial charge in [-0.2, -0.15) is 0 Å². The standard InChI is InChI=1S/C12H16N2O2/c1-13-6-2-3-10(13)11(15)14-7-12(16,8-14)9-4-5-9/h2-3,6,9,16H,4-5,7-8H2,1H3. The summed E-state index contributed by atoms with van der Waals surface area (Å²) in [5.74, 6) is 0.461. The van der Waals surface area contributed by atoms with Crippen molar-refractivity contribution >= 4 is 5.91 Å². The van der Waals surface area contributed by atoms with Crippen molar-refractivity contribution in [3.8, 4) is 0 Å². The van der Waals surface area contributed by atoms with Gasteiger partial charge in [0.2, 0.25) is 0 Å². The third-order valence-electron chi connectivity index (χ3n) is 3.72. The number of β-amino-alcohol motifs (C(OH)–C–C–N with tert-alkyl or cyclic N) is 1. The van der Waals surface area contributed by atoms with Crippen molar-refractivity contribution in [2.24, 2.45) is 13.0 Å². The molecule has 0 radical (unpaired) electrons. The molecule has 1 saturated heterocycles. The molecule has 4 nitrogen and oxygen atoms in total. The lowest BCUT2D eigenvalue weighted by molar-refractivity contribution is -0.0960. The number of nitrogens with zero attached hydrogens (tertiary/aromatic N) is 2. The Hall–Kier alpha value is -1.29. The van der Waals surface area contributed by atoms with E-state index in [0.29, 0.717) is 24.7 Å². The molecule has 0 atom stereocenters. The van der Waals surface area contributed by atoms with Gasteiger partial charge in [0.1, 0.15) is 11.3 Å². The first-order chi connectivity index (χ1) is 7.60. The smallest absolute Gasteiger partial charge is 0.270 e. The summed E-state index contributed by atoms with van der Waals surface area (Å²) in [5.41, 5.74) is 0.110. The van der Waals surface area contributed by atoms with Gasteiger partial charge in [-0.25, -0.2) is 0 Å². The first-order valence-corrected chi connectivity index (χ1v) is 5.73. The van der Waals surface area contributed by atoms with Crippen molar-refractivity contribution in [1.82, 2.24) is 9.47 Å². The lowest BCUT2D eigenvalue weighted by Crippen LogP contribution is -2.64. The van der Waals surface area contributed by atoms with E-state index < -0.39 is 5.60 Å². The van der Waals surface area contributed by atoms with E-state index in [2.05, 4.69) is 0 Å². The summed E-state index contributed by atoms with van der Waals surface area (Å²) in [6.07, 6.45) is 4.09. The van der Waals surface area contributed by atoms with Gasteiger partial charge in [-0.05, 0) is 30.9 Å². The highest BCUT2D eigenvalue weighted by Gasteiger charge is 2.53. The lowest BCUT2D eigenvalue weighted by Gasteiger charge is -2.46. The Morgan fingerprint density at radius 1 is 1.50 bits per heavy atom. The van der Waals surface area contributed by atoms with Crippen LogP contribution in [0.1, 0.15) is 23.3 Å². The lowest BCUT2D eigenvalue weighted by atomic mass is 9.88. The topological polar surface area (TPSA) is 45.5 Å². The van der Waals surface area contributed by atoms with Crippen LogP contribution in [0, 0.1) is 5.92 Å². The van der Waals surface area contributed by atoms with E-state index in [1.165, 1.54) is 0 Å². The van der Waals surface area contributed by atoms with Crippen molar-refractivity contribution in [2.75, 3.05) is 13.1 Å². The van der Waals surface area contributed by atoms with Crippen LogP contribution in [0.2, 0.25) is 0 Å². The molecule has 1 aromatic rings. The second-order valence-electron chi connectivity index (χ2n) is 5.04. The first kappa shape index (κ1) is 9.90. The molecule has 2 heterocycles. The number of carbonyl (C=O) groups excluding carboxylic acids is 1. The maximum absolute atomic E-state index is 12.0. The fourth-order valence-corrected chi connectivity index (χ4v) is 2.48. The van der Waals surface area contributed by atoms with Crippen molar-refractivity contribution in [3.63, 3.8) is 0 Å². The number of hydrogen-bond acceptors (Lipinski definition) is 2. The molecule has 4 heteroatoms.